The number of nitro benzene ring substituents is 1. The number of nitrogens with zero attached hydrogens (tertiary/aromatic N) is 1. The minimum Gasteiger partial charge on any atom is -0.493 e. The highest BCUT2D eigenvalue weighted by molar-refractivity contribution is 5.51. The smallest absolute Gasteiger partial charge is 0.270 e. The van der Waals surface area contributed by atoms with Crippen molar-refractivity contribution in [2.24, 2.45) is 0 Å². The molecule has 0 radical (unpaired) electrons. The van der Waals surface area contributed by atoms with Crippen molar-refractivity contribution >= 4 is 5.69 Å². The lowest BCUT2D eigenvalue weighted by Crippen LogP contribution is -2.45. The lowest BCUT2D eigenvalue weighted by Gasteiger charge is -2.34. The van der Waals surface area contributed by atoms with Crippen molar-refractivity contribution in [2.75, 3.05) is 13.2 Å². The van der Waals surface area contributed by atoms with Gasteiger partial charge >= 0.3 is 0 Å². The Morgan fingerprint density at radius 2 is 2.12 bits per heavy atom. The van der Waals surface area contributed by atoms with Crippen LogP contribution in [0.4, 0.5) is 5.69 Å². The molecule has 2 aromatic carbocycles. The normalized spacial score (nSPS) is 21.8. The first kappa shape index (κ1) is 17.0. The Kier molecular flexibility index (Phi) is 4.86. The standard InChI is InChI=1S/C20H23N3O3/c24-23(25)17-11-15-8-10-26-20(15)16(12-17)13-22-18-7-4-9-21-19(18)14-5-2-1-3-6-14/h1-3,5-6,11-12,18-19,21-22H,4,7-10,13H2/t18-,19-/m0/s1. The zero-order chi connectivity index (χ0) is 17.9. The van der Waals surface area contributed by atoms with Gasteiger partial charge in [-0.05, 0) is 24.9 Å². The Labute approximate surface area is 152 Å². The molecule has 0 saturated carbocycles. The van der Waals surface area contributed by atoms with Crippen molar-refractivity contribution in [1.29, 1.82) is 0 Å². The summed E-state index contributed by atoms with van der Waals surface area (Å²) in [5, 5.41) is 18.4. The molecular formula is C20H23N3O3. The van der Waals surface area contributed by atoms with E-state index in [4.69, 9.17) is 4.74 Å². The van der Waals surface area contributed by atoms with Gasteiger partial charge in [0.1, 0.15) is 5.75 Å². The second-order valence-electron chi connectivity index (χ2n) is 6.92. The maximum atomic E-state index is 11.2. The minimum absolute atomic E-state index is 0.146. The van der Waals surface area contributed by atoms with Crippen molar-refractivity contribution in [2.45, 2.75) is 37.9 Å². The summed E-state index contributed by atoms with van der Waals surface area (Å²) in [4.78, 5) is 10.9. The predicted molar refractivity (Wildman–Crippen MR) is 99.3 cm³/mol. The van der Waals surface area contributed by atoms with Gasteiger partial charge in [0, 0.05) is 48.3 Å². The lowest BCUT2D eigenvalue weighted by molar-refractivity contribution is -0.385. The average Bonchev–Trinajstić information content (AvgIpc) is 3.16. The molecule has 6 heteroatoms. The van der Waals surface area contributed by atoms with Crippen molar-refractivity contribution in [3.8, 4) is 5.75 Å². The van der Waals surface area contributed by atoms with Crippen molar-refractivity contribution in [3.63, 3.8) is 0 Å². The van der Waals surface area contributed by atoms with Gasteiger partial charge in [-0.2, -0.15) is 0 Å². The second-order valence-corrected chi connectivity index (χ2v) is 6.92. The third-order valence-corrected chi connectivity index (χ3v) is 5.23. The summed E-state index contributed by atoms with van der Waals surface area (Å²) < 4.78 is 5.74. The topological polar surface area (TPSA) is 76.4 Å². The molecule has 26 heavy (non-hydrogen) atoms. The van der Waals surface area contributed by atoms with E-state index < -0.39 is 0 Å². The van der Waals surface area contributed by atoms with Gasteiger partial charge in [0.15, 0.2) is 0 Å². The Morgan fingerprint density at radius 3 is 2.92 bits per heavy atom. The zero-order valence-electron chi connectivity index (χ0n) is 14.6. The van der Waals surface area contributed by atoms with Crippen LogP contribution in [0.2, 0.25) is 0 Å². The predicted octanol–water partition coefficient (Wildman–Crippen LogP) is 3.11. The Morgan fingerprint density at radius 1 is 1.27 bits per heavy atom. The van der Waals surface area contributed by atoms with Crippen LogP contribution in [0.3, 0.4) is 0 Å². The van der Waals surface area contributed by atoms with Crippen LogP contribution in [0.25, 0.3) is 0 Å². The summed E-state index contributed by atoms with van der Waals surface area (Å²) in [6, 6.07) is 14.2. The van der Waals surface area contributed by atoms with E-state index >= 15 is 0 Å². The highest BCUT2D eigenvalue weighted by Crippen LogP contribution is 2.34. The summed E-state index contributed by atoms with van der Waals surface area (Å²) in [7, 11) is 0. The van der Waals surface area contributed by atoms with Crippen LogP contribution < -0.4 is 15.4 Å². The Bertz CT molecular complexity index is 794. The van der Waals surface area contributed by atoms with Gasteiger partial charge in [-0.3, -0.25) is 10.1 Å². The second kappa shape index (κ2) is 7.43. The molecule has 2 aliphatic heterocycles. The fourth-order valence-corrected chi connectivity index (χ4v) is 3.97. The summed E-state index contributed by atoms with van der Waals surface area (Å²) in [5.74, 6) is 0.822. The molecule has 6 nitrogen and oxygen atoms in total. The van der Waals surface area contributed by atoms with Crippen LogP contribution in [0.15, 0.2) is 42.5 Å². The first-order valence-corrected chi connectivity index (χ1v) is 9.17. The van der Waals surface area contributed by atoms with E-state index in [-0.39, 0.29) is 22.7 Å². The fraction of sp³-hybridized carbons (Fsp3) is 0.400. The van der Waals surface area contributed by atoms with E-state index in [1.165, 1.54) is 5.56 Å². The first-order chi connectivity index (χ1) is 12.7. The first-order valence-electron chi connectivity index (χ1n) is 9.17. The van der Waals surface area contributed by atoms with Gasteiger partial charge in [-0.1, -0.05) is 30.3 Å². The van der Waals surface area contributed by atoms with E-state index in [1.807, 2.05) is 6.07 Å². The lowest BCUT2D eigenvalue weighted by atomic mass is 9.92. The highest BCUT2D eigenvalue weighted by atomic mass is 16.6. The molecule has 136 valence electrons. The number of piperidine rings is 1. The van der Waals surface area contributed by atoms with Crippen LogP contribution in [0.1, 0.15) is 35.6 Å². The van der Waals surface area contributed by atoms with Crippen LogP contribution in [-0.2, 0) is 13.0 Å². The van der Waals surface area contributed by atoms with Gasteiger partial charge in [0.25, 0.3) is 5.69 Å². The number of rotatable bonds is 5. The van der Waals surface area contributed by atoms with Crippen LogP contribution >= 0.6 is 0 Å². The number of ether oxygens (including phenoxy) is 1. The summed E-state index contributed by atoms with van der Waals surface area (Å²) in [6.07, 6.45) is 2.93. The van der Waals surface area contributed by atoms with Gasteiger partial charge < -0.3 is 15.4 Å². The molecule has 0 aromatic heterocycles. The Balaban J connectivity index is 1.53. The molecule has 0 bridgehead atoms. The van der Waals surface area contributed by atoms with E-state index in [1.54, 1.807) is 12.1 Å². The number of hydrogen-bond acceptors (Lipinski definition) is 5. The van der Waals surface area contributed by atoms with Gasteiger partial charge in [0.05, 0.1) is 11.5 Å². The number of nitro groups is 1. The van der Waals surface area contributed by atoms with Crippen molar-refractivity contribution in [1.82, 2.24) is 10.6 Å². The zero-order valence-corrected chi connectivity index (χ0v) is 14.6. The van der Waals surface area contributed by atoms with Crippen LogP contribution in [0, 0.1) is 10.1 Å². The Hall–Kier alpha value is -2.44. The molecule has 0 aliphatic carbocycles. The third-order valence-electron chi connectivity index (χ3n) is 5.23. The minimum atomic E-state index is -0.322. The molecular weight excluding hydrogens is 330 g/mol. The molecule has 0 spiro atoms. The number of hydrogen-bond donors (Lipinski definition) is 2. The molecule has 1 saturated heterocycles. The third kappa shape index (κ3) is 3.43. The largest absolute Gasteiger partial charge is 0.493 e. The van der Waals surface area contributed by atoms with E-state index in [9.17, 15) is 10.1 Å². The molecule has 4 rings (SSSR count). The maximum absolute atomic E-state index is 11.2. The number of nitrogens with one attached hydrogen (secondary N) is 2. The molecule has 2 aliphatic rings. The molecule has 2 N–H and O–H groups in total. The SMILES string of the molecule is O=[N+]([O-])c1cc2c(c(CN[C@H]3CCCN[C@H]3c3ccccc3)c1)OCC2. The molecule has 2 atom stereocenters. The molecule has 0 amide bonds. The molecule has 0 unspecified atom stereocenters. The highest BCUT2D eigenvalue weighted by Gasteiger charge is 2.27. The molecule has 2 aromatic rings. The van der Waals surface area contributed by atoms with E-state index in [0.29, 0.717) is 13.2 Å². The summed E-state index contributed by atoms with van der Waals surface area (Å²) in [6.45, 7) is 2.17. The number of benzene rings is 2. The average molecular weight is 353 g/mol. The number of fused-ring (bicyclic) bond motifs is 1. The molecule has 2 heterocycles. The van der Waals surface area contributed by atoms with E-state index in [2.05, 4.69) is 34.9 Å². The van der Waals surface area contributed by atoms with Crippen molar-refractivity contribution < 1.29 is 9.66 Å². The summed E-state index contributed by atoms with van der Waals surface area (Å²) in [5.41, 5.74) is 3.24. The number of non-ortho nitro benzene ring substituents is 1. The summed E-state index contributed by atoms with van der Waals surface area (Å²) >= 11 is 0. The quantitative estimate of drug-likeness (QED) is 0.638. The monoisotopic (exact) mass is 353 g/mol. The van der Waals surface area contributed by atoms with Crippen molar-refractivity contribution in [3.05, 3.63) is 69.3 Å². The van der Waals surface area contributed by atoms with Gasteiger partial charge in [0.2, 0.25) is 0 Å². The van der Waals surface area contributed by atoms with Gasteiger partial charge in [-0.25, -0.2) is 0 Å². The van der Waals surface area contributed by atoms with Crippen LogP contribution in [-0.4, -0.2) is 24.1 Å². The molecule has 1 fully saturated rings. The van der Waals surface area contributed by atoms with E-state index in [0.717, 1.165) is 42.7 Å². The fourth-order valence-electron chi connectivity index (χ4n) is 3.97. The van der Waals surface area contributed by atoms with Gasteiger partial charge in [-0.15, -0.1) is 0 Å². The maximum Gasteiger partial charge on any atom is 0.270 e. The van der Waals surface area contributed by atoms with Crippen LogP contribution in [0.5, 0.6) is 5.75 Å².